The lowest BCUT2D eigenvalue weighted by molar-refractivity contribution is -0.163. The topological polar surface area (TPSA) is 140 Å². The number of aryl methyl sites for hydroxylation is 3. The molecule has 2 bridgehead atoms. The van der Waals surface area contributed by atoms with Crippen LogP contribution < -0.4 is 10.1 Å². The molecule has 2 heterocycles. The molecule has 1 saturated heterocycles. The van der Waals surface area contributed by atoms with Crippen LogP contribution in [-0.2, 0) is 27.3 Å². The highest BCUT2D eigenvalue weighted by Gasteiger charge is 2.45. The minimum atomic E-state index is -2.24. The number of nitrogens with one attached hydrogen (secondary N) is 1. The van der Waals surface area contributed by atoms with E-state index in [9.17, 15) is 29.7 Å². The van der Waals surface area contributed by atoms with Crippen LogP contribution in [0.25, 0.3) is 5.57 Å². The first-order valence-corrected chi connectivity index (χ1v) is 17.4. The zero-order chi connectivity index (χ0) is 35.7. The van der Waals surface area contributed by atoms with Crippen molar-refractivity contribution in [2.45, 2.75) is 90.3 Å². The van der Waals surface area contributed by atoms with Crippen LogP contribution in [0.15, 0.2) is 66.2 Å². The SMILES string of the molecule is Cc1cc(C)c(C)c(OCCc2ccc(C3=C(C(=O)N(Cc4ccccc4C)C4CC4)[C@H]4CN(C(=O)[C@@H](O)C(O)C(=O)O)C[C@@H](C3)N4)cc2)c1. The first-order chi connectivity index (χ1) is 23.9. The molecule has 264 valence electrons. The maximum absolute atomic E-state index is 14.7. The molecule has 3 aromatic rings. The summed E-state index contributed by atoms with van der Waals surface area (Å²) in [6, 6.07) is 19.9. The number of carboxylic acids is 1. The van der Waals surface area contributed by atoms with Gasteiger partial charge in [-0.05, 0) is 97.5 Å². The summed E-state index contributed by atoms with van der Waals surface area (Å²) in [6.07, 6.45) is -1.33. The van der Waals surface area contributed by atoms with Gasteiger partial charge in [0.05, 0.1) is 12.6 Å². The number of hydrogen-bond donors (Lipinski definition) is 4. The van der Waals surface area contributed by atoms with Gasteiger partial charge in [-0.15, -0.1) is 0 Å². The Morgan fingerprint density at radius 2 is 1.66 bits per heavy atom. The van der Waals surface area contributed by atoms with Gasteiger partial charge >= 0.3 is 5.97 Å². The van der Waals surface area contributed by atoms with Crippen LogP contribution in [0, 0.1) is 27.7 Å². The van der Waals surface area contributed by atoms with E-state index in [1.54, 1.807) is 0 Å². The van der Waals surface area contributed by atoms with E-state index in [0.717, 1.165) is 58.4 Å². The van der Waals surface area contributed by atoms with Crippen molar-refractivity contribution in [3.05, 3.63) is 105 Å². The molecule has 1 saturated carbocycles. The van der Waals surface area contributed by atoms with Gasteiger partial charge in [0.2, 0.25) is 0 Å². The fourth-order valence-corrected chi connectivity index (χ4v) is 7.19. The third kappa shape index (κ3) is 7.62. The van der Waals surface area contributed by atoms with Gasteiger partial charge < -0.3 is 35.2 Å². The Morgan fingerprint density at radius 1 is 0.940 bits per heavy atom. The number of hydrogen-bond acceptors (Lipinski definition) is 7. The molecule has 10 nitrogen and oxygen atoms in total. The molecule has 4 N–H and O–H groups in total. The average Bonchev–Trinajstić information content (AvgIpc) is 3.94. The highest BCUT2D eigenvalue weighted by Crippen LogP contribution is 2.38. The van der Waals surface area contributed by atoms with E-state index >= 15 is 0 Å². The van der Waals surface area contributed by atoms with Crippen LogP contribution in [-0.4, -0.2) is 92.9 Å². The molecule has 0 radical (unpaired) electrons. The van der Waals surface area contributed by atoms with Crippen molar-refractivity contribution < 1.29 is 34.4 Å². The molecule has 0 aromatic heterocycles. The van der Waals surface area contributed by atoms with Gasteiger partial charge in [-0.2, -0.15) is 0 Å². The number of ether oxygens (including phenoxy) is 1. The predicted molar refractivity (Wildman–Crippen MR) is 190 cm³/mol. The Labute approximate surface area is 293 Å². The van der Waals surface area contributed by atoms with E-state index in [1.807, 2.05) is 36.1 Å². The zero-order valence-corrected chi connectivity index (χ0v) is 29.2. The van der Waals surface area contributed by atoms with Gasteiger partial charge in [0.25, 0.3) is 11.8 Å². The van der Waals surface area contributed by atoms with Crippen molar-refractivity contribution in [1.82, 2.24) is 15.1 Å². The molecule has 1 aliphatic carbocycles. The third-order valence-corrected chi connectivity index (χ3v) is 10.3. The molecule has 10 heteroatoms. The standard InChI is InChI=1S/C40H47N3O7/c1-23-17-25(3)26(4)34(18-23)50-16-15-27-9-11-28(12-10-27)32-19-30-21-42(39(47)36(44)37(45)40(48)49)22-33(41-30)35(32)38(46)43(31-13-14-31)20-29-8-6-5-7-24(29)2/h5-12,17-18,30-31,33,36-37,41,44-45H,13-16,19-22H2,1-4H3,(H,48,49)/t30-,33-,36+,37?/m1/s1. The van der Waals surface area contributed by atoms with E-state index in [-0.39, 0.29) is 31.1 Å². The number of carbonyl (C=O) groups excluding carboxylic acids is 2. The first kappa shape index (κ1) is 35.3. The third-order valence-electron chi connectivity index (χ3n) is 10.3. The molecule has 50 heavy (non-hydrogen) atoms. The largest absolute Gasteiger partial charge is 0.493 e. The number of aliphatic carboxylic acids is 1. The molecule has 3 aromatic carbocycles. The zero-order valence-electron chi connectivity index (χ0n) is 29.2. The molecule has 2 amide bonds. The lowest BCUT2D eigenvalue weighted by Crippen LogP contribution is -2.64. The fourth-order valence-electron chi connectivity index (χ4n) is 7.19. The summed E-state index contributed by atoms with van der Waals surface area (Å²) in [5, 5.41) is 33.0. The number of carbonyl (C=O) groups is 3. The number of amides is 2. The maximum Gasteiger partial charge on any atom is 0.335 e. The second-order valence-electron chi connectivity index (χ2n) is 14.1. The number of rotatable bonds is 12. The number of fused-ring (bicyclic) bond motifs is 2. The van der Waals surface area contributed by atoms with Crippen molar-refractivity contribution in [2.75, 3.05) is 19.7 Å². The molecule has 1 unspecified atom stereocenters. The molecule has 6 rings (SSSR count). The van der Waals surface area contributed by atoms with E-state index < -0.39 is 30.1 Å². The Balaban J connectivity index is 1.28. The second-order valence-corrected chi connectivity index (χ2v) is 14.1. The Morgan fingerprint density at radius 3 is 2.34 bits per heavy atom. The summed E-state index contributed by atoms with van der Waals surface area (Å²) < 4.78 is 6.17. The number of aliphatic hydroxyl groups is 2. The monoisotopic (exact) mass is 681 g/mol. The number of piperazine rings is 1. The van der Waals surface area contributed by atoms with Gasteiger partial charge in [0.1, 0.15) is 5.75 Å². The summed E-state index contributed by atoms with van der Waals surface area (Å²) in [5.74, 6) is -1.74. The Kier molecular flexibility index (Phi) is 10.4. The van der Waals surface area contributed by atoms with Crippen LogP contribution in [0.2, 0.25) is 0 Å². The van der Waals surface area contributed by atoms with E-state index in [1.165, 1.54) is 16.0 Å². The highest BCUT2D eigenvalue weighted by molar-refractivity contribution is 6.03. The lowest BCUT2D eigenvalue weighted by atomic mass is 9.82. The Hall–Kier alpha value is -4.51. The number of aliphatic hydroxyl groups excluding tert-OH is 2. The molecular weight excluding hydrogens is 634 g/mol. The maximum atomic E-state index is 14.7. The summed E-state index contributed by atoms with van der Waals surface area (Å²) in [7, 11) is 0. The summed E-state index contributed by atoms with van der Waals surface area (Å²) in [6.45, 7) is 9.52. The second kappa shape index (κ2) is 14.8. The van der Waals surface area contributed by atoms with Crippen LogP contribution in [0.1, 0.15) is 58.2 Å². The molecule has 0 spiro atoms. The van der Waals surface area contributed by atoms with Crippen LogP contribution in [0.4, 0.5) is 0 Å². The number of nitrogens with zero attached hydrogens (tertiary/aromatic N) is 2. The summed E-state index contributed by atoms with van der Waals surface area (Å²) in [4.78, 5) is 42.6. The minimum Gasteiger partial charge on any atom is -0.493 e. The van der Waals surface area contributed by atoms with E-state index in [2.05, 4.69) is 62.5 Å². The van der Waals surface area contributed by atoms with Crippen LogP contribution in [0.3, 0.4) is 0 Å². The highest BCUT2D eigenvalue weighted by atomic mass is 16.5. The minimum absolute atomic E-state index is 0.0550. The van der Waals surface area contributed by atoms with Crippen molar-refractivity contribution >= 4 is 23.4 Å². The summed E-state index contributed by atoms with van der Waals surface area (Å²) >= 11 is 0. The van der Waals surface area contributed by atoms with Gasteiger partial charge in [-0.25, -0.2) is 4.79 Å². The molecule has 2 fully saturated rings. The normalized spacial score (nSPS) is 19.9. The van der Waals surface area contributed by atoms with Gasteiger partial charge in [0, 0.05) is 43.7 Å². The molecular formula is C40H47N3O7. The van der Waals surface area contributed by atoms with Gasteiger partial charge in [-0.1, -0.05) is 54.6 Å². The van der Waals surface area contributed by atoms with Crippen molar-refractivity contribution in [3.8, 4) is 5.75 Å². The predicted octanol–water partition coefficient (Wildman–Crippen LogP) is 3.87. The summed E-state index contributed by atoms with van der Waals surface area (Å²) in [5.41, 5.74) is 9.24. The first-order valence-electron chi connectivity index (χ1n) is 17.4. The van der Waals surface area contributed by atoms with Crippen molar-refractivity contribution in [3.63, 3.8) is 0 Å². The Bertz CT molecular complexity index is 1800. The van der Waals surface area contributed by atoms with Crippen LogP contribution in [0.5, 0.6) is 5.75 Å². The fraction of sp³-hybridized carbons (Fsp3) is 0.425. The average molecular weight is 682 g/mol. The van der Waals surface area contributed by atoms with Crippen molar-refractivity contribution in [1.29, 1.82) is 0 Å². The number of benzene rings is 3. The smallest absolute Gasteiger partial charge is 0.335 e. The molecule has 4 atom stereocenters. The van der Waals surface area contributed by atoms with Crippen molar-refractivity contribution in [2.24, 2.45) is 0 Å². The van der Waals surface area contributed by atoms with E-state index in [4.69, 9.17) is 4.74 Å². The number of carboxylic acid groups (broad SMARTS) is 1. The van der Waals surface area contributed by atoms with Crippen LogP contribution >= 0.6 is 0 Å². The van der Waals surface area contributed by atoms with Gasteiger partial charge in [0.15, 0.2) is 12.2 Å². The van der Waals surface area contributed by atoms with Gasteiger partial charge in [-0.3, -0.25) is 9.59 Å². The quantitative estimate of drug-likeness (QED) is 0.226. The lowest BCUT2D eigenvalue weighted by Gasteiger charge is -2.45. The molecule has 3 aliphatic rings. The molecule has 2 aliphatic heterocycles. The van der Waals surface area contributed by atoms with E-state index in [0.29, 0.717) is 25.1 Å².